The van der Waals surface area contributed by atoms with Gasteiger partial charge in [-0.3, -0.25) is 9.36 Å². The molecule has 2 aromatic carbocycles. The van der Waals surface area contributed by atoms with Crippen molar-refractivity contribution in [2.45, 2.75) is 78.2 Å². The standard InChI is InChI=1S/C28H35N3O4/c1-3-5-7-8-9-14-25-29-31(26(32)15-6-4-2)28(35)30(25)20-21-16-18-22(19-17-21)23-12-10-11-13-24(23)27(33)34/h10-13,16-19H,3-9,14-15,20H2,1-2H3,(H,33,34). The third-order valence-corrected chi connectivity index (χ3v) is 6.19. The van der Waals surface area contributed by atoms with E-state index in [2.05, 4.69) is 12.0 Å². The van der Waals surface area contributed by atoms with E-state index >= 15 is 0 Å². The van der Waals surface area contributed by atoms with Gasteiger partial charge < -0.3 is 5.11 Å². The average molecular weight is 478 g/mol. The number of aryl methyl sites for hydroxylation is 1. The van der Waals surface area contributed by atoms with Gasteiger partial charge in [0.1, 0.15) is 5.82 Å². The van der Waals surface area contributed by atoms with Gasteiger partial charge >= 0.3 is 11.7 Å². The highest BCUT2D eigenvalue weighted by Crippen LogP contribution is 2.24. The lowest BCUT2D eigenvalue weighted by Crippen LogP contribution is -2.30. The highest BCUT2D eigenvalue weighted by atomic mass is 16.4. The summed E-state index contributed by atoms with van der Waals surface area (Å²) in [5.74, 6) is -0.597. The molecule has 1 heterocycles. The van der Waals surface area contributed by atoms with Crippen molar-refractivity contribution in [1.29, 1.82) is 0 Å². The van der Waals surface area contributed by atoms with Crippen LogP contribution >= 0.6 is 0 Å². The summed E-state index contributed by atoms with van der Waals surface area (Å²) in [6, 6.07) is 14.4. The summed E-state index contributed by atoms with van der Waals surface area (Å²) < 4.78 is 2.64. The van der Waals surface area contributed by atoms with Gasteiger partial charge in [0.2, 0.25) is 0 Å². The number of carbonyl (C=O) groups excluding carboxylic acids is 1. The molecule has 0 saturated heterocycles. The normalized spacial score (nSPS) is 11.0. The largest absolute Gasteiger partial charge is 0.478 e. The number of nitrogens with zero attached hydrogens (tertiary/aromatic N) is 3. The van der Waals surface area contributed by atoms with Crippen LogP contribution in [0, 0.1) is 0 Å². The number of unbranched alkanes of at least 4 members (excludes halogenated alkanes) is 5. The predicted molar refractivity (Wildman–Crippen MR) is 137 cm³/mol. The molecule has 0 aliphatic carbocycles. The second-order valence-electron chi connectivity index (χ2n) is 8.91. The number of hydrogen-bond acceptors (Lipinski definition) is 4. The van der Waals surface area contributed by atoms with Crippen LogP contribution in [0.25, 0.3) is 11.1 Å². The van der Waals surface area contributed by atoms with E-state index < -0.39 is 11.7 Å². The third kappa shape index (κ3) is 6.78. The molecule has 0 saturated carbocycles. The van der Waals surface area contributed by atoms with Crippen molar-refractivity contribution in [3.8, 4) is 11.1 Å². The van der Waals surface area contributed by atoms with Gasteiger partial charge in [-0.05, 0) is 35.6 Å². The molecule has 3 rings (SSSR count). The van der Waals surface area contributed by atoms with Crippen molar-refractivity contribution in [3.63, 3.8) is 0 Å². The first-order chi connectivity index (χ1) is 17.0. The lowest BCUT2D eigenvalue weighted by atomic mass is 9.99. The summed E-state index contributed by atoms with van der Waals surface area (Å²) >= 11 is 0. The monoisotopic (exact) mass is 477 g/mol. The number of benzene rings is 2. The smallest absolute Gasteiger partial charge is 0.353 e. The lowest BCUT2D eigenvalue weighted by molar-refractivity contribution is 0.0697. The van der Waals surface area contributed by atoms with Gasteiger partial charge in [-0.25, -0.2) is 9.59 Å². The van der Waals surface area contributed by atoms with E-state index in [1.54, 1.807) is 22.8 Å². The van der Waals surface area contributed by atoms with Gasteiger partial charge in [0.25, 0.3) is 5.91 Å². The summed E-state index contributed by atoms with van der Waals surface area (Å²) in [5, 5.41) is 13.9. The summed E-state index contributed by atoms with van der Waals surface area (Å²) in [7, 11) is 0. The van der Waals surface area contributed by atoms with Gasteiger partial charge in [0.05, 0.1) is 12.1 Å². The zero-order chi connectivity index (χ0) is 25.2. The summed E-state index contributed by atoms with van der Waals surface area (Å²) in [4.78, 5) is 37.3. The van der Waals surface area contributed by atoms with Gasteiger partial charge in [0.15, 0.2) is 0 Å². The highest BCUT2D eigenvalue weighted by Gasteiger charge is 2.18. The predicted octanol–water partition coefficient (Wildman–Crippen LogP) is 5.80. The van der Waals surface area contributed by atoms with Gasteiger partial charge in [-0.2, -0.15) is 0 Å². The van der Waals surface area contributed by atoms with Crippen LogP contribution in [0.3, 0.4) is 0 Å². The van der Waals surface area contributed by atoms with Crippen molar-refractivity contribution < 1.29 is 14.7 Å². The van der Waals surface area contributed by atoms with Crippen LogP contribution in [0.15, 0.2) is 53.3 Å². The fraction of sp³-hybridized carbons (Fsp3) is 0.429. The summed E-state index contributed by atoms with van der Waals surface area (Å²) in [5.41, 5.74) is 2.17. The van der Waals surface area contributed by atoms with E-state index in [0.717, 1.165) is 54.3 Å². The van der Waals surface area contributed by atoms with Crippen molar-refractivity contribution in [2.24, 2.45) is 0 Å². The Balaban J connectivity index is 1.84. The lowest BCUT2D eigenvalue weighted by Gasteiger charge is -2.09. The maximum Gasteiger partial charge on any atom is 0.353 e. The fourth-order valence-corrected chi connectivity index (χ4v) is 4.16. The van der Waals surface area contributed by atoms with Crippen LogP contribution in [-0.2, 0) is 13.0 Å². The Hall–Kier alpha value is -3.48. The number of carboxylic acids is 1. The molecule has 186 valence electrons. The van der Waals surface area contributed by atoms with E-state index in [-0.39, 0.29) is 11.5 Å². The minimum Gasteiger partial charge on any atom is -0.478 e. The number of hydrogen-bond donors (Lipinski definition) is 1. The quantitative estimate of drug-likeness (QED) is 0.314. The number of carbonyl (C=O) groups is 2. The van der Waals surface area contributed by atoms with Crippen LogP contribution < -0.4 is 5.69 Å². The van der Waals surface area contributed by atoms with E-state index in [1.807, 2.05) is 37.3 Å². The maximum atomic E-state index is 13.1. The summed E-state index contributed by atoms with van der Waals surface area (Å²) in [6.45, 7) is 4.49. The highest BCUT2D eigenvalue weighted by molar-refractivity contribution is 5.96. The third-order valence-electron chi connectivity index (χ3n) is 6.19. The molecule has 0 atom stereocenters. The van der Waals surface area contributed by atoms with E-state index in [1.165, 1.54) is 6.42 Å². The number of carboxylic acid groups (broad SMARTS) is 1. The minimum atomic E-state index is -0.972. The minimum absolute atomic E-state index is 0.244. The molecule has 1 aromatic heterocycles. The molecule has 1 N–H and O–H groups in total. The number of aromatic carboxylic acids is 1. The molecule has 0 aliphatic rings. The van der Waals surface area contributed by atoms with E-state index in [9.17, 15) is 19.5 Å². The number of rotatable bonds is 13. The van der Waals surface area contributed by atoms with Gasteiger partial charge in [-0.1, -0.05) is 88.4 Å². The van der Waals surface area contributed by atoms with Crippen LogP contribution in [0.1, 0.15) is 91.8 Å². The van der Waals surface area contributed by atoms with E-state index in [0.29, 0.717) is 30.8 Å². The van der Waals surface area contributed by atoms with Crippen LogP contribution in [0.2, 0.25) is 0 Å². The van der Waals surface area contributed by atoms with Gasteiger partial charge in [-0.15, -0.1) is 9.78 Å². The Morgan fingerprint density at radius 3 is 2.26 bits per heavy atom. The summed E-state index contributed by atoms with van der Waals surface area (Å²) in [6.07, 6.45) is 8.05. The Morgan fingerprint density at radius 1 is 0.886 bits per heavy atom. The zero-order valence-corrected chi connectivity index (χ0v) is 20.7. The molecular formula is C28H35N3O4. The van der Waals surface area contributed by atoms with Crippen LogP contribution in [-0.4, -0.2) is 31.3 Å². The first-order valence-corrected chi connectivity index (χ1v) is 12.6. The first-order valence-electron chi connectivity index (χ1n) is 12.6. The Morgan fingerprint density at radius 2 is 1.57 bits per heavy atom. The molecule has 35 heavy (non-hydrogen) atoms. The first kappa shape index (κ1) is 26.1. The topological polar surface area (TPSA) is 94.2 Å². The fourth-order valence-electron chi connectivity index (χ4n) is 4.16. The molecule has 0 radical (unpaired) electrons. The van der Waals surface area contributed by atoms with Crippen molar-refractivity contribution >= 4 is 11.9 Å². The molecule has 7 heteroatoms. The Kier molecular flexibility index (Phi) is 9.58. The average Bonchev–Trinajstić information content (AvgIpc) is 3.17. The molecule has 0 amide bonds. The Bertz CT molecular complexity index is 1190. The van der Waals surface area contributed by atoms with Crippen molar-refractivity contribution in [3.05, 3.63) is 76.0 Å². The second-order valence-corrected chi connectivity index (χ2v) is 8.91. The van der Waals surface area contributed by atoms with E-state index in [4.69, 9.17) is 0 Å². The molecule has 0 aliphatic heterocycles. The molecule has 3 aromatic rings. The molecule has 7 nitrogen and oxygen atoms in total. The Labute approximate surface area is 206 Å². The molecule has 0 bridgehead atoms. The van der Waals surface area contributed by atoms with Crippen LogP contribution in [0.5, 0.6) is 0 Å². The molecule has 0 fully saturated rings. The van der Waals surface area contributed by atoms with Gasteiger partial charge in [0, 0.05) is 12.8 Å². The van der Waals surface area contributed by atoms with Crippen molar-refractivity contribution in [2.75, 3.05) is 0 Å². The zero-order valence-electron chi connectivity index (χ0n) is 20.7. The molecular weight excluding hydrogens is 442 g/mol. The van der Waals surface area contributed by atoms with Crippen molar-refractivity contribution in [1.82, 2.24) is 14.3 Å². The maximum absolute atomic E-state index is 13.1. The van der Waals surface area contributed by atoms with Crippen LogP contribution in [0.4, 0.5) is 0 Å². The molecule has 0 spiro atoms. The molecule has 0 unspecified atom stereocenters. The second kappa shape index (κ2) is 12.8. The SMILES string of the molecule is CCCCCCCc1nn(C(=O)CCCC)c(=O)n1Cc1ccc(-c2ccccc2C(=O)O)cc1. The number of aromatic nitrogens is 3.